The van der Waals surface area contributed by atoms with Crippen LogP contribution >= 0.6 is 8.60 Å². The molecular weight excluding hydrogens is 167 g/mol. The van der Waals surface area contributed by atoms with Crippen molar-refractivity contribution < 1.29 is 14.3 Å². The average molecular weight is 176 g/mol. The fourth-order valence-electron chi connectivity index (χ4n) is 0.210. The van der Waals surface area contributed by atoms with E-state index in [1.807, 2.05) is 13.8 Å². The van der Waals surface area contributed by atoms with Gasteiger partial charge < -0.3 is 14.3 Å². The molecule has 5 heteroatoms. The molecule has 0 aromatic heterocycles. The first-order valence-electron chi connectivity index (χ1n) is 2.40. The van der Waals surface area contributed by atoms with Crippen LogP contribution in [0.4, 0.5) is 0 Å². The smallest absolute Gasteiger partial charge is 0.820 e. The second-order valence-corrected chi connectivity index (χ2v) is 2.62. The van der Waals surface area contributed by atoms with Gasteiger partial charge in [0.2, 0.25) is 0 Å². The Morgan fingerprint density at radius 1 is 1.44 bits per heavy atom. The van der Waals surface area contributed by atoms with Crippen molar-refractivity contribution in [3.63, 3.8) is 0 Å². The molecule has 0 atom stereocenters. The van der Waals surface area contributed by atoms with Crippen LogP contribution in [0.2, 0.25) is 0 Å². The van der Waals surface area contributed by atoms with Crippen molar-refractivity contribution in [2.75, 3.05) is 6.61 Å². The van der Waals surface area contributed by atoms with E-state index in [1.54, 1.807) is 0 Å². The van der Waals surface area contributed by atoms with E-state index >= 15 is 0 Å². The maximum atomic E-state index is 9.72. The fourth-order valence-corrected chi connectivity index (χ4v) is 0.630. The van der Waals surface area contributed by atoms with E-state index in [1.165, 1.54) is 0 Å². The van der Waals surface area contributed by atoms with Crippen LogP contribution in [-0.4, -0.2) is 44.3 Å². The molecule has 0 radical (unpaired) electrons. The van der Waals surface area contributed by atoms with Gasteiger partial charge in [-0.15, -0.1) is 0 Å². The van der Waals surface area contributed by atoms with Gasteiger partial charge in [0.1, 0.15) is 0 Å². The van der Waals surface area contributed by atoms with Crippen LogP contribution in [0.3, 0.4) is 0 Å². The molecule has 0 amide bonds. The molecule has 0 unspecified atom stereocenters. The predicted molar refractivity (Wildman–Crippen MR) is 33.5 cm³/mol. The Morgan fingerprint density at radius 2 is 1.89 bits per heavy atom. The maximum absolute atomic E-state index is 9.72. The van der Waals surface area contributed by atoms with E-state index < -0.39 is 8.60 Å². The van der Waals surface area contributed by atoms with Gasteiger partial charge >= 0.3 is 37.7 Å². The summed E-state index contributed by atoms with van der Waals surface area (Å²) in [4.78, 5) is 19.4. The molecule has 9 heavy (non-hydrogen) atoms. The zero-order chi connectivity index (χ0) is 6.57. The molecule has 3 nitrogen and oxygen atoms in total. The average Bonchev–Trinajstić information content (AvgIpc) is 1.61. The molecular formula is C4H9CaO3P. The van der Waals surface area contributed by atoms with Gasteiger partial charge in [0.25, 0.3) is 0 Å². The SMILES string of the molecule is CC(C)COP([O-])[O-].[Ca+2]. The first-order valence-corrected chi connectivity index (χ1v) is 3.49. The largest absolute Gasteiger partial charge is 2.00 e. The van der Waals surface area contributed by atoms with E-state index in [-0.39, 0.29) is 43.7 Å². The van der Waals surface area contributed by atoms with Crippen LogP contribution < -0.4 is 9.79 Å². The van der Waals surface area contributed by atoms with Gasteiger partial charge in [-0.05, 0) is 5.92 Å². The van der Waals surface area contributed by atoms with E-state index in [4.69, 9.17) is 0 Å². The molecule has 0 aromatic rings. The summed E-state index contributed by atoms with van der Waals surface area (Å²) >= 11 is 0. The van der Waals surface area contributed by atoms with Crippen molar-refractivity contribution in [1.82, 2.24) is 0 Å². The summed E-state index contributed by atoms with van der Waals surface area (Å²) in [6, 6.07) is 0. The standard InChI is InChI=1S/C4H9O3P.Ca/c1-4(2)3-7-8(5)6;/h4H,3H2,1-2H3;/q-2;+2. The Kier molecular flexibility index (Phi) is 11.2. The Hall–Kier alpha value is 1.57. The fraction of sp³-hybridized carbons (Fsp3) is 1.00. The van der Waals surface area contributed by atoms with Crippen molar-refractivity contribution in [2.24, 2.45) is 5.92 Å². The van der Waals surface area contributed by atoms with Crippen LogP contribution in [-0.2, 0) is 4.52 Å². The van der Waals surface area contributed by atoms with Crippen LogP contribution in [0.1, 0.15) is 13.8 Å². The molecule has 0 rings (SSSR count). The molecule has 0 N–H and O–H groups in total. The van der Waals surface area contributed by atoms with Gasteiger partial charge in [-0.25, -0.2) is 0 Å². The summed E-state index contributed by atoms with van der Waals surface area (Å²) in [7, 11) is -2.63. The topological polar surface area (TPSA) is 55.3 Å². The number of rotatable bonds is 3. The first-order chi connectivity index (χ1) is 3.63. The third-order valence-corrected chi connectivity index (χ3v) is 0.873. The molecule has 0 heterocycles. The third kappa shape index (κ3) is 12.7. The molecule has 0 saturated carbocycles. The summed E-state index contributed by atoms with van der Waals surface area (Å²) in [6.07, 6.45) is 0. The molecule has 0 fully saturated rings. The normalized spacial score (nSPS) is 10.0. The minimum Gasteiger partial charge on any atom is -0.820 e. The molecule has 0 aliphatic carbocycles. The zero-order valence-electron chi connectivity index (χ0n) is 5.66. The monoisotopic (exact) mass is 176 g/mol. The summed E-state index contributed by atoms with van der Waals surface area (Å²) in [5.41, 5.74) is 0. The zero-order valence-corrected chi connectivity index (χ0v) is 8.77. The van der Waals surface area contributed by atoms with Crippen molar-refractivity contribution in [2.45, 2.75) is 13.8 Å². The van der Waals surface area contributed by atoms with Gasteiger partial charge in [0.05, 0.1) is 0 Å². The maximum Gasteiger partial charge on any atom is 2.00 e. The summed E-state index contributed by atoms with van der Waals surface area (Å²) in [5.74, 6) is 0.280. The van der Waals surface area contributed by atoms with E-state index in [9.17, 15) is 9.79 Å². The molecule has 0 aliphatic rings. The Bertz CT molecular complexity index is 51.8. The van der Waals surface area contributed by atoms with Crippen LogP contribution in [0.5, 0.6) is 0 Å². The third-order valence-electron chi connectivity index (χ3n) is 0.513. The number of hydrogen-bond donors (Lipinski definition) is 0. The first kappa shape index (κ1) is 13.2. The minimum atomic E-state index is -2.63. The Labute approximate surface area is 86.4 Å². The predicted octanol–water partition coefficient (Wildman–Crippen LogP) is -0.774. The van der Waals surface area contributed by atoms with E-state index in [0.29, 0.717) is 6.61 Å². The summed E-state index contributed by atoms with van der Waals surface area (Å²) in [6.45, 7) is 4.07. The van der Waals surface area contributed by atoms with Crippen LogP contribution in [0.25, 0.3) is 0 Å². The summed E-state index contributed by atoms with van der Waals surface area (Å²) in [5, 5.41) is 0. The van der Waals surface area contributed by atoms with Crippen LogP contribution in [0, 0.1) is 5.92 Å². The van der Waals surface area contributed by atoms with Gasteiger partial charge in [0.15, 0.2) is 0 Å². The van der Waals surface area contributed by atoms with Crippen molar-refractivity contribution in [3.8, 4) is 0 Å². The second-order valence-electron chi connectivity index (χ2n) is 1.91. The van der Waals surface area contributed by atoms with Crippen molar-refractivity contribution >= 4 is 46.3 Å². The number of hydrogen-bond acceptors (Lipinski definition) is 3. The van der Waals surface area contributed by atoms with E-state index in [2.05, 4.69) is 4.52 Å². The van der Waals surface area contributed by atoms with Crippen molar-refractivity contribution in [3.05, 3.63) is 0 Å². The Morgan fingerprint density at radius 3 is 2.00 bits per heavy atom. The Balaban J connectivity index is 0. The summed E-state index contributed by atoms with van der Waals surface area (Å²) < 4.78 is 4.26. The van der Waals surface area contributed by atoms with Gasteiger partial charge in [0, 0.05) is 6.61 Å². The minimum absolute atomic E-state index is 0. The molecule has 0 saturated heterocycles. The molecule has 0 bridgehead atoms. The molecule has 0 aromatic carbocycles. The molecule has 0 aliphatic heterocycles. The van der Waals surface area contributed by atoms with E-state index in [0.717, 1.165) is 0 Å². The molecule has 50 valence electrons. The quantitative estimate of drug-likeness (QED) is 0.419. The van der Waals surface area contributed by atoms with Gasteiger partial charge in [-0.2, -0.15) is 8.60 Å². The van der Waals surface area contributed by atoms with Gasteiger partial charge in [-0.3, -0.25) is 0 Å². The molecule has 0 spiro atoms. The second kappa shape index (κ2) is 7.67. The van der Waals surface area contributed by atoms with Gasteiger partial charge in [-0.1, -0.05) is 13.8 Å². The van der Waals surface area contributed by atoms with Crippen molar-refractivity contribution in [1.29, 1.82) is 0 Å². The van der Waals surface area contributed by atoms with Crippen LogP contribution in [0.15, 0.2) is 0 Å².